The van der Waals surface area contributed by atoms with Crippen LogP contribution in [-0.2, 0) is 16.1 Å². The molecule has 6 heteroatoms. The molecule has 1 aliphatic carbocycles. The lowest BCUT2D eigenvalue weighted by molar-refractivity contribution is -0.141. The van der Waals surface area contributed by atoms with Crippen molar-refractivity contribution < 1.29 is 14.7 Å². The fraction of sp³-hybridized carbons (Fsp3) is 0.583. The number of nitrogens with one attached hydrogen (secondary N) is 1. The highest BCUT2D eigenvalue weighted by Gasteiger charge is 2.33. The second kappa shape index (κ2) is 5.48. The van der Waals surface area contributed by atoms with E-state index in [1.54, 1.807) is 0 Å². The van der Waals surface area contributed by atoms with Crippen molar-refractivity contribution in [1.29, 1.82) is 0 Å². The number of carbonyl (C=O) groups is 2. The van der Waals surface area contributed by atoms with Crippen LogP contribution in [-0.4, -0.2) is 22.0 Å². The first-order valence-corrected chi connectivity index (χ1v) is 6.85. The molecule has 1 fully saturated rings. The van der Waals surface area contributed by atoms with Gasteiger partial charge < -0.3 is 10.4 Å². The summed E-state index contributed by atoms with van der Waals surface area (Å²) in [5.74, 6) is -1.36. The Kier molecular flexibility index (Phi) is 3.96. The Morgan fingerprint density at radius 1 is 1.50 bits per heavy atom. The summed E-state index contributed by atoms with van der Waals surface area (Å²) in [4.78, 5) is 26.9. The Hall–Kier alpha value is -1.43. The summed E-state index contributed by atoms with van der Waals surface area (Å²) in [6.45, 7) is 2.35. The zero-order chi connectivity index (χ0) is 13.1. The number of aromatic nitrogens is 1. The number of aliphatic carboxylic acids is 1. The molecule has 0 bridgehead atoms. The second-order valence-corrected chi connectivity index (χ2v) is 5.59. The van der Waals surface area contributed by atoms with E-state index in [9.17, 15) is 9.59 Å². The van der Waals surface area contributed by atoms with Crippen LogP contribution < -0.4 is 5.32 Å². The average Bonchev–Trinajstić information content (AvgIpc) is 2.94. The van der Waals surface area contributed by atoms with Gasteiger partial charge in [-0.3, -0.25) is 9.59 Å². The van der Waals surface area contributed by atoms with Gasteiger partial charge >= 0.3 is 5.97 Å². The molecule has 1 saturated carbocycles. The molecule has 2 atom stereocenters. The van der Waals surface area contributed by atoms with Crippen molar-refractivity contribution in [3.05, 3.63) is 16.1 Å². The molecule has 1 heterocycles. The molecular formula is C12H16N2O3S. The smallest absolute Gasteiger partial charge is 0.306 e. The first-order chi connectivity index (χ1) is 8.56. The quantitative estimate of drug-likeness (QED) is 0.868. The number of aryl methyl sites for hydroxylation is 1. The van der Waals surface area contributed by atoms with Gasteiger partial charge in [0, 0.05) is 17.0 Å². The number of carboxylic acid groups (broad SMARTS) is 1. The van der Waals surface area contributed by atoms with Crippen molar-refractivity contribution in [2.75, 3.05) is 0 Å². The van der Waals surface area contributed by atoms with E-state index < -0.39 is 5.97 Å². The van der Waals surface area contributed by atoms with Gasteiger partial charge in [-0.25, -0.2) is 4.98 Å². The van der Waals surface area contributed by atoms with E-state index in [0.29, 0.717) is 25.8 Å². The predicted molar refractivity (Wildman–Crippen MR) is 67.2 cm³/mol. The van der Waals surface area contributed by atoms with E-state index in [2.05, 4.69) is 10.3 Å². The number of hydrogen-bond acceptors (Lipinski definition) is 4. The molecule has 18 heavy (non-hydrogen) atoms. The van der Waals surface area contributed by atoms with E-state index in [1.165, 1.54) is 11.3 Å². The molecule has 5 nitrogen and oxygen atoms in total. The third kappa shape index (κ3) is 3.07. The molecule has 0 radical (unpaired) electrons. The number of carbonyl (C=O) groups excluding carboxylic acids is 1. The highest BCUT2D eigenvalue weighted by Crippen LogP contribution is 2.31. The van der Waals surface area contributed by atoms with Crippen LogP contribution in [0, 0.1) is 18.8 Å². The highest BCUT2D eigenvalue weighted by atomic mass is 32.1. The molecule has 98 valence electrons. The lowest BCUT2D eigenvalue weighted by atomic mass is 10.0. The van der Waals surface area contributed by atoms with E-state index in [4.69, 9.17) is 5.11 Å². The monoisotopic (exact) mass is 268 g/mol. The van der Waals surface area contributed by atoms with Crippen LogP contribution in [0.2, 0.25) is 0 Å². The molecule has 1 aromatic rings. The Labute approximate surface area is 109 Å². The van der Waals surface area contributed by atoms with Crippen molar-refractivity contribution in [3.63, 3.8) is 0 Å². The zero-order valence-electron chi connectivity index (χ0n) is 10.2. The number of carboxylic acids is 1. The summed E-state index contributed by atoms with van der Waals surface area (Å²) in [5, 5.41) is 14.5. The van der Waals surface area contributed by atoms with Gasteiger partial charge in [-0.05, 0) is 26.2 Å². The van der Waals surface area contributed by atoms with E-state index in [-0.39, 0.29) is 17.7 Å². The van der Waals surface area contributed by atoms with Crippen molar-refractivity contribution in [2.45, 2.75) is 32.7 Å². The van der Waals surface area contributed by atoms with Gasteiger partial charge in [-0.2, -0.15) is 0 Å². The topological polar surface area (TPSA) is 79.3 Å². The van der Waals surface area contributed by atoms with Gasteiger partial charge in [-0.15, -0.1) is 11.3 Å². The molecule has 1 aliphatic rings. The molecule has 2 N–H and O–H groups in total. The zero-order valence-corrected chi connectivity index (χ0v) is 11.0. The number of hydrogen-bond donors (Lipinski definition) is 2. The van der Waals surface area contributed by atoms with Gasteiger partial charge in [0.05, 0.1) is 12.5 Å². The van der Waals surface area contributed by atoms with Gasteiger partial charge in [-0.1, -0.05) is 0 Å². The predicted octanol–water partition coefficient (Wildman–Crippen LogP) is 1.57. The first-order valence-electron chi connectivity index (χ1n) is 5.98. The molecule has 1 aromatic heterocycles. The van der Waals surface area contributed by atoms with Crippen LogP contribution in [0.15, 0.2) is 5.38 Å². The number of amides is 1. The summed E-state index contributed by atoms with van der Waals surface area (Å²) in [5.41, 5.74) is 0.955. The minimum Gasteiger partial charge on any atom is -0.481 e. The lowest BCUT2D eigenvalue weighted by Gasteiger charge is -2.09. The summed E-state index contributed by atoms with van der Waals surface area (Å²) < 4.78 is 0. The minimum absolute atomic E-state index is 0.0494. The van der Waals surface area contributed by atoms with Crippen LogP contribution >= 0.6 is 11.3 Å². The van der Waals surface area contributed by atoms with Crippen LogP contribution in [0.4, 0.5) is 0 Å². The molecule has 0 saturated heterocycles. The third-order valence-electron chi connectivity index (χ3n) is 3.23. The molecule has 0 aromatic carbocycles. The molecule has 2 unspecified atom stereocenters. The summed E-state index contributed by atoms with van der Waals surface area (Å²) in [6.07, 6.45) is 1.72. The van der Waals surface area contributed by atoms with Crippen molar-refractivity contribution in [3.8, 4) is 0 Å². The Balaban J connectivity index is 1.80. The van der Waals surface area contributed by atoms with Crippen molar-refractivity contribution in [2.24, 2.45) is 11.8 Å². The fourth-order valence-corrected chi connectivity index (χ4v) is 2.95. The molecular weight excluding hydrogens is 252 g/mol. The first kappa shape index (κ1) is 13.0. The summed E-state index contributed by atoms with van der Waals surface area (Å²) in [6, 6.07) is 0. The maximum atomic E-state index is 11.9. The summed E-state index contributed by atoms with van der Waals surface area (Å²) in [7, 11) is 0. The fourth-order valence-electron chi connectivity index (χ4n) is 2.23. The highest BCUT2D eigenvalue weighted by molar-refractivity contribution is 7.09. The Morgan fingerprint density at radius 2 is 2.22 bits per heavy atom. The number of nitrogens with zero attached hydrogens (tertiary/aromatic N) is 1. The van der Waals surface area contributed by atoms with Gasteiger partial charge in [0.2, 0.25) is 5.91 Å². The maximum absolute atomic E-state index is 11.9. The van der Waals surface area contributed by atoms with Crippen molar-refractivity contribution >= 4 is 23.2 Å². The van der Waals surface area contributed by atoms with Gasteiger partial charge in [0.1, 0.15) is 5.01 Å². The van der Waals surface area contributed by atoms with Crippen molar-refractivity contribution in [1.82, 2.24) is 10.3 Å². The molecule has 0 spiro atoms. The normalized spacial score (nSPS) is 22.9. The van der Waals surface area contributed by atoms with Crippen LogP contribution in [0.5, 0.6) is 0 Å². The largest absolute Gasteiger partial charge is 0.481 e. The SMILES string of the molecule is Cc1csc(CNC(=O)C2CCC(C(=O)O)C2)n1. The Morgan fingerprint density at radius 3 is 2.78 bits per heavy atom. The summed E-state index contributed by atoms with van der Waals surface area (Å²) >= 11 is 1.52. The van der Waals surface area contributed by atoms with E-state index in [0.717, 1.165) is 10.7 Å². The van der Waals surface area contributed by atoms with Crippen LogP contribution in [0.1, 0.15) is 30.0 Å². The average molecular weight is 268 g/mol. The van der Waals surface area contributed by atoms with Gasteiger partial charge in [0.15, 0.2) is 0 Å². The molecule has 0 aliphatic heterocycles. The minimum atomic E-state index is -0.791. The number of rotatable bonds is 4. The van der Waals surface area contributed by atoms with E-state index in [1.807, 2.05) is 12.3 Å². The van der Waals surface area contributed by atoms with Gasteiger partial charge in [0.25, 0.3) is 0 Å². The van der Waals surface area contributed by atoms with Crippen LogP contribution in [0.3, 0.4) is 0 Å². The standard InChI is InChI=1S/C12H16N2O3S/c1-7-6-18-10(14-7)5-13-11(15)8-2-3-9(4-8)12(16)17/h6,8-9H,2-5H2,1H3,(H,13,15)(H,16,17). The second-order valence-electron chi connectivity index (χ2n) is 4.65. The van der Waals surface area contributed by atoms with E-state index >= 15 is 0 Å². The van der Waals surface area contributed by atoms with Crippen LogP contribution in [0.25, 0.3) is 0 Å². The maximum Gasteiger partial charge on any atom is 0.306 e. The number of thiazole rings is 1. The third-order valence-corrected chi connectivity index (χ3v) is 4.20. The Bertz CT molecular complexity index is 458. The lowest BCUT2D eigenvalue weighted by Crippen LogP contribution is -2.29. The molecule has 1 amide bonds. The molecule has 2 rings (SSSR count).